The number of nitrogens with one attached hydrogen (secondary N) is 1. The molecule has 8 heteroatoms. The predicted molar refractivity (Wildman–Crippen MR) is 67.6 cm³/mol. The van der Waals surface area contributed by atoms with E-state index in [1.807, 2.05) is 0 Å². The van der Waals surface area contributed by atoms with Gasteiger partial charge in [0.25, 0.3) is 0 Å². The highest BCUT2D eigenvalue weighted by molar-refractivity contribution is 7.88. The number of rotatable bonds is 5. The number of sulfonamides is 1. The highest BCUT2D eigenvalue weighted by Gasteiger charge is 2.68. The van der Waals surface area contributed by atoms with Crippen molar-refractivity contribution in [1.29, 1.82) is 0 Å². The van der Waals surface area contributed by atoms with Crippen LogP contribution in [0.3, 0.4) is 0 Å². The van der Waals surface area contributed by atoms with Crippen LogP contribution in [0.4, 0.5) is 0 Å². The van der Waals surface area contributed by atoms with E-state index in [1.165, 1.54) is 4.90 Å². The summed E-state index contributed by atoms with van der Waals surface area (Å²) in [6, 6.07) is 0. The summed E-state index contributed by atoms with van der Waals surface area (Å²) >= 11 is 11.8. The van der Waals surface area contributed by atoms with Crippen molar-refractivity contribution < 1.29 is 13.2 Å². The van der Waals surface area contributed by atoms with Gasteiger partial charge in [0.15, 0.2) is 0 Å². The summed E-state index contributed by atoms with van der Waals surface area (Å²) in [6.07, 6.45) is 1.49. The highest BCUT2D eigenvalue weighted by atomic mass is 35.5. The van der Waals surface area contributed by atoms with Crippen LogP contribution in [0, 0.1) is 5.41 Å². The van der Waals surface area contributed by atoms with Gasteiger partial charge in [-0.2, -0.15) is 0 Å². The van der Waals surface area contributed by atoms with Crippen LogP contribution in [0.15, 0.2) is 0 Å². The number of carbonyl (C=O) groups is 1. The number of amides is 1. The molecule has 0 aromatic heterocycles. The lowest BCUT2D eigenvalue weighted by Crippen LogP contribution is -2.40. The van der Waals surface area contributed by atoms with Crippen molar-refractivity contribution in [3.63, 3.8) is 0 Å². The maximum Gasteiger partial charge on any atom is 0.231 e. The average Bonchev–Trinajstić information content (AvgIpc) is 2.63. The van der Waals surface area contributed by atoms with Gasteiger partial charge < -0.3 is 4.90 Å². The lowest BCUT2D eigenvalue weighted by molar-refractivity contribution is -0.135. The van der Waals surface area contributed by atoms with E-state index >= 15 is 0 Å². The summed E-state index contributed by atoms with van der Waals surface area (Å²) in [5.74, 6) is -0.169. The normalized spacial score (nSPS) is 26.6. The molecule has 100 valence electrons. The maximum atomic E-state index is 12.0. The van der Waals surface area contributed by atoms with Crippen LogP contribution < -0.4 is 4.72 Å². The second kappa shape index (κ2) is 4.57. The smallest absolute Gasteiger partial charge is 0.231 e. The molecule has 1 unspecified atom stereocenters. The molecule has 0 aromatic rings. The molecule has 1 N–H and O–H groups in total. The van der Waals surface area contributed by atoms with E-state index in [0.29, 0.717) is 6.42 Å². The van der Waals surface area contributed by atoms with Crippen molar-refractivity contribution in [3.05, 3.63) is 0 Å². The Labute approximate surface area is 111 Å². The van der Waals surface area contributed by atoms with Crippen molar-refractivity contribution in [1.82, 2.24) is 9.62 Å². The zero-order valence-electron chi connectivity index (χ0n) is 9.96. The molecule has 0 radical (unpaired) electrons. The largest absolute Gasteiger partial charge is 0.344 e. The number of nitrogens with zero attached hydrogens (tertiary/aromatic N) is 1. The van der Waals surface area contributed by atoms with Gasteiger partial charge in [0, 0.05) is 20.1 Å². The molecule has 1 aliphatic carbocycles. The molecule has 0 heterocycles. The first-order valence-electron chi connectivity index (χ1n) is 5.08. The SMILES string of the molecule is CN(CCNS(C)(=O)=O)C(=O)C1(C)CC1(Cl)Cl. The number of hydrogen-bond acceptors (Lipinski definition) is 3. The lowest BCUT2D eigenvalue weighted by atomic mass is 10.1. The maximum absolute atomic E-state index is 12.0. The average molecular weight is 303 g/mol. The number of alkyl halides is 2. The molecule has 1 amide bonds. The molecule has 0 saturated heterocycles. The van der Waals surface area contributed by atoms with Gasteiger partial charge in [0.1, 0.15) is 4.33 Å². The molecule has 1 atom stereocenters. The zero-order chi connectivity index (χ0) is 13.5. The van der Waals surface area contributed by atoms with E-state index in [2.05, 4.69) is 4.72 Å². The van der Waals surface area contributed by atoms with Gasteiger partial charge in [-0.3, -0.25) is 4.79 Å². The molecule has 1 saturated carbocycles. The first kappa shape index (κ1) is 15.0. The summed E-state index contributed by atoms with van der Waals surface area (Å²) in [6.45, 7) is 2.16. The quantitative estimate of drug-likeness (QED) is 0.756. The van der Waals surface area contributed by atoms with E-state index in [-0.39, 0.29) is 19.0 Å². The Hall–Kier alpha value is -0.0400. The standard InChI is InChI=1S/C9H16Cl2N2O3S/c1-8(6-9(8,10)11)7(14)13(2)5-4-12-17(3,15)16/h12H,4-6H2,1-3H3. The lowest BCUT2D eigenvalue weighted by Gasteiger charge is -2.22. The third-order valence-corrected chi connectivity index (χ3v) is 4.72. The molecule has 1 rings (SSSR count). The minimum atomic E-state index is -3.23. The van der Waals surface area contributed by atoms with Crippen LogP contribution >= 0.6 is 23.2 Å². The van der Waals surface area contributed by atoms with Crippen molar-refractivity contribution in [2.75, 3.05) is 26.4 Å². The van der Waals surface area contributed by atoms with Crippen molar-refractivity contribution >= 4 is 39.1 Å². The van der Waals surface area contributed by atoms with Gasteiger partial charge in [0.2, 0.25) is 15.9 Å². The number of likely N-dealkylation sites (N-methyl/N-ethyl adjacent to an activating group) is 1. The minimum absolute atomic E-state index is 0.169. The third-order valence-electron chi connectivity index (χ3n) is 2.89. The second-order valence-corrected chi connectivity index (χ2v) is 7.92. The van der Waals surface area contributed by atoms with Crippen molar-refractivity contribution in [2.24, 2.45) is 5.41 Å². The van der Waals surface area contributed by atoms with Crippen molar-refractivity contribution in [3.8, 4) is 0 Å². The molecular weight excluding hydrogens is 287 g/mol. The summed E-state index contributed by atoms with van der Waals surface area (Å²) < 4.78 is 23.0. The highest BCUT2D eigenvalue weighted by Crippen LogP contribution is 2.64. The Morgan fingerprint density at radius 1 is 1.47 bits per heavy atom. The Morgan fingerprint density at radius 2 is 1.94 bits per heavy atom. The van der Waals surface area contributed by atoms with Gasteiger partial charge in [0.05, 0.1) is 11.7 Å². The van der Waals surface area contributed by atoms with E-state index in [4.69, 9.17) is 23.2 Å². The van der Waals surface area contributed by atoms with Gasteiger partial charge in [-0.05, 0) is 13.3 Å². The van der Waals surface area contributed by atoms with E-state index < -0.39 is 19.8 Å². The monoisotopic (exact) mass is 302 g/mol. The molecular formula is C9H16Cl2N2O3S. The van der Waals surface area contributed by atoms with Gasteiger partial charge in [-0.15, -0.1) is 23.2 Å². The zero-order valence-corrected chi connectivity index (χ0v) is 12.3. The van der Waals surface area contributed by atoms with Crippen LogP contribution in [0.1, 0.15) is 13.3 Å². The van der Waals surface area contributed by atoms with E-state index in [9.17, 15) is 13.2 Å². The van der Waals surface area contributed by atoms with Crippen LogP contribution in [0.25, 0.3) is 0 Å². The number of carbonyl (C=O) groups excluding carboxylic acids is 1. The topological polar surface area (TPSA) is 66.5 Å². The molecule has 0 bridgehead atoms. The molecule has 1 aliphatic rings. The molecule has 0 aliphatic heterocycles. The number of hydrogen-bond donors (Lipinski definition) is 1. The number of halogens is 2. The minimum Gasteiger partial charge on any atom is -0.344 e. The van der Waals surface area contributed by atoms with Crippen LogP contribution in [-0.4, -0.2) is 50.0 Å². The van der Waals surface area contributed by atoms with Gasteiger partial charge in [-0.1, -0.05) is 0 Å². The fourth-order valence-electron chi connectivity index (χ4n) is 1.55. The van der Waals surface area contributed by atoms with Gasteiger partial charge in [-0.25, -0.2) is 13.1 Å². The fraction of sp³-hybridized carbons (Fsp3) is 0.889. The second-order valence-electron chi connectivity index (χ2n) is 4.61. The third kappa shape index (κ3) is 3.47. The van der Waals surface area contributed by atoms with Crippen molar-refractivity contribution in [2.45, 2.75) is 17.7 Å². The van der Waals surface area contributed by atoms with Gasteiger partial charge >= 0.3 is 0 Å². The summed E-state index contributed by atoms with van der Waals surface area (Å²) in [5.41, 5.74) is -0.754. The van der Waals surface area contributed by atoms with E-state index in [0.717, 1.165) is 6.26 Å². The summed E-state index contributed by atoms with van der Waals surface area (Å²) in [7, 11) is -1.63. The Morgan fingerprint density at radius 3 is 2.29 bits per heavy atom. The van der Waals surface area contributed by atoms with Crippen LogP contribution in [-0.2, 0) is 14.8 Å². The molecule has 17 heavy (non-hydrogen) atoms. The Kier molecular flexibility index (Phi) is 4.04. The Balaban J connectivity index is 2.45. The molecule has 0 spiro atoms. The first-order valence-corrected chi connectivity index (χ1v) is 7.72. The molecule has 1 fully saturated rings. The molecule has 5 nitrogen and oxygen atoms in total. The summed E-state index contributed by atoms with van der Waals surface area (Å²) in [5, 5.41) is 0. The first-order chi connectivity index (χ1) is 7.50. The van der Waals surface area contributed by atoms with Crippen LogP contribution in [0.5, 0.6) is 0 Å². The molecule has 0 aromatic carbocycles. The Bertz CT molecular complexity index is 424. The predicted octanol–water partition coefficient (Wildman–Crippen LogP) is 0.578. The van der Waals surface area contributed by atoms with E-state index in [1.54, 1.807) is 14.0 Å². The fourth-order valence-corrected chi connectivity index (χ4v) is 2.71. The van der Waals surface area contributed by atoms with Crippen LogP contribution in [0.2, 0.25) is 0 Å². The summed E-state index contributed by atoms with van der Waals surface area (Å²) in [4.78, 5) is 13.4.